The molecule has 24 heavy (non-hydrogen) atoms. The number of hydrogen-bond donors (Lipinski definition) is 0. The number of rotatable bonds is 8. The van der Waals surface area contributed by atoms with Crippen LogP contribution in [-0.4, -0.2) is 40.8 Å². The molecule has 1 aliphatic heterocycles. The third-order valence-corrected chi connectivity index (χ3v) is 4.13. The van der Waals surface area contributed by atoms with Crippen molar-refractivity contribution in [3.8, 4) is 0 Å². The zero-order chi connectivity index (χ0) is 16.8. The van der Waals surface area contributed by atoms with Crippen LogP contribution in [0.5, 0.6) is 0 Å². The van der Waals surface area contributed by atoms with Crippen LogP contribution in [0.4, 0.5) is 0 Å². The zero-order valence-electron chi connectivity index (χ0n) is 14.0. The highest BCUT2D eigenvalue weighted by molar-refractivity contribution is 5.86. The minimum Gasteiger partial charge on any atom is -0.461 e. The van der Waals surface area contributed by atoms with E-state index >= 15 is 0 Å². The molecule has 0 amide bonds. The van der Waals surface area contributed by atoms with Gasteiger partial charge in [-0.3, -0.25) is 4.68 Å². The molecular weight excluding hydrogens is 306 g/mol. The number of benzene rings is 1. The molecule has 1 aliphatic rings. The number of carbonyl (C=O) groups is 1. The van der Waals surface area contributed by atoms with E-state index in [4.69, 9.17) is 9.47 Å². The average molecular weight is 329 g/mol. The van der Waals surface area contributed by atoms with E-state index in [0.717, 1.165) is 19.3 Å². The quantitative estimate of drug-likeness (QED) is 0.550. The maximum Gasteiger partial charge on any atom is 0.360 e. The summed E-state index contributed by atoms with van der Waals surface area (Å²) in [5, 5.41) is 7.90. The molecule has 0 unspecified atom stereocenters. The van der Waals surface area contributed by atoms with Gasteiger partial charge in [0.05, 0.1) is 32.6 Å². The fourth-order valence-electron chi connectivity index (χ4n) is 2.72. The maximum absolute atomic E-state index is 12.0. The number of carbonyl (C=O) groups excluding carboxylic acids is 1. The Bertz CT molecular complexity index is 665. The molecule has 1 aromatic carbocycles. The van der Waals surface area contributed by atoms with Crippen molar-refractivity contribution in [1.29, 1.82) is 0 Å². The summed E-state index contributed by atoms with van der Waals surface area (Å²) in [5.41, 5.74) is 1.66. The highest BCUT2D eigenvalue weighted by atomic mass is 16.5. The van der Waals surface area contributed by atoms with Crippen molar-refractivity contribution in [2.24, 2.45) is 5.41 Å². The molecule has 0 radical (unpaired) electrons. The van der Waals surface area contributed by atoms with E-state index in [1.807, 2.05) is 18.2 Å². The fraction of sp³-hybridized carbons (Fsp3) is 0.500. The molecule has 3 rings (SSSR count). The van der Waals surface area contributed by atoms with Crippen molar-refractivity contribution in [2.75, 3.05) is 19.8 Å². The van der Waals surface area contributed by atoms with Crippen molar-refractivity contribution >= 4 is 5.97 Å². The number of nitrogens with zero attached hydrogens (tertiary/aromatic N) is 3. The van der Waals surface area contributed by atoms with E-state index < -0.39 is 5.97 Å². The largest absolute Gasteiger partial charge is 0.461 e. The lowest BCUT2D eigenvalue weighted by molar-refractivity contribution is -0.111. The molecule has 0 N–H and O–H groups in total. The van der Waals surface area contributed by atoms with Crippen LogP contribution in [-0.2, 0) is 22.4 Å². The van der Waals surface area contributed by atoms with Crippen LogP contribution >= 0.6 is 0 Å². The van der Waals surface area contributed by atoms with Gasteiger partial charge in [-0.25, -0.2) is 4.79 Å². The van der Waals surface area contributed by atoms with Crippen LogP contribution in [0.1, 0.15) is 35.8 Å². The SMILES string of the molecule is CC1(Cn2cc(C(=O)OCCCCc3ccccc3)nn2)COC1. The number of aryl methyl sites for hydroxylation is 1. The molecule has 0 spiro atoms. The Labute approximate surface area is 141 Å². The Hall–Kier alpha value is -2.21. The first-order chi connectivity index (χ1) is 11.6. The van der Waals surface area contributed by atoms with Gasteiger partial charge in [-0.1, -0.05) is 42.5 Å². The second kappa shape index (κ2) is 7.57. The van der Waals surface area contributed by atoms with E-state index in [1.165, 1.54) is 5.56 Å². The molecule has 0 atom stereocenters. The predicted molar refractivity (Wildman–Crippen MR) is 88.6 cm³/mol. The van der Waals surface area contributed by atoms with Gasteiger partial charge in [0.2, 0.25) is 0 Å². The third-order valence-electron chi connectivity index (χ3n) is 4.13. The number of aromatic nitrogens is 3. The minimum atomic E-state index is -0.407. The lowest BCUT2D eigenvalue weighted by Gasteiger charge is -2.37. The second-order valence-corrected chi connectivity index (χ2v) is 6.68. The molecule has 6 nitrogen and oxygen atoms in total. The molecular formula is C18H23N3O3. The van der Waals surface area contributed by atoms with Crippen LogP contribution in [0.25, 0.3) is 0 Å². The normalized spacial score (nSPS) is 15.7. The van der Waals surface area contributed by atoms with Gasteiger partial charge in [0.25, 0.3) is 0 Å². The number of unbranched alkanes of at least 4 members (excludes halogenated alkanes) is 1. The van der Waals surface area contributed by atoms with Gasteiger partial charge in [0.1, 0.15) is 0 Å². The van der Waals surface area contributed by atoms with Crippen LogP contribution in [0.2, 0.25) is 0 Å². The highest BCUT2D eigenvalue weighted by Crippen LogP contribution is 2.28. The van der Waals surface area contributed by atoms with Gasteiger partial charge < -0.3 is 9.47 Å². The lowest BCUT2D eigenvalue weighted by atomic mass is 9.89. The summed E-state index contributed by atoms with van der Waals surface area (Å²) in [5.74, 6) is -0.407. The highest BCUT2D eigenvalue weighted by Gasteiger charge is 2.34. The Morgan fingerprint density at radius 2 is 2.08 bits per heavy atom. The summed E-state index contributed by atoms with van der Waals surface area (Å²) in [7, 11) is 0. The summed E-state index contributed by atoms with van der Waals surface area (Å²) >= 11 is 0. The summed E-state index contributed by atoms with van der Waals surface area (Å²) in [6, 6.07) is 10.3. The summed E-state index contributed by atoms with van der Waals surface area (Å²) in [6.45, 7) is 4.67. The molecule has 0 aliphatic carbocycles. The molecule has 2 aromatic rings. The molecule has 1 aromatic heterocycles. The van der Waals surface area contributed by atoms with Gasteiger partial charge in [0.15, 0.2) is 5.69 Å². The molecule has 1 saturated heterocycles. The van der Waals surface area contributed by atoms with Gasteiger partial charge in [-0.15, -0.1) is 5.10 Å². The summed E-state index contributed by atoms with van der Waals surface area (Å²) in [6.07, 6.45) is 4.47. The topological polar surface area (TPSA) is 66.2 Å². The van der Waals surface area contributed by atoms with Crippen LogP contribution in [0, 0.1) is 5.41 Å². The average Bonchev–Trinajstić information content (AvgIpc) is 3.02. The van der Waals surface area contributed by atoms with Gasteiger partial charge in [0, 0.05) is 5.41 Å². The molecule has 1 fully saturated rings. The number of hydrogen-bond acceptors (Lipinski definition) is 5. The standard InChI is InChI=1S/C18H23N3O3/c1-18(13-23-14-18)12-21-11-16(19-20-21)17(22)24-10-6-5-9-15-7-3-2-4-8-15/h2-4,7-8,11H,5-6,9-10,12-14H2,1H3. The Balaban J connectivity index is 1.37. The Morgan fingerprint density at radius 1 is 1.29 bits per heavy atom. The van der Waals surface area contributed by atoms with Gasteiger partial charge >= 0.3 is 5.97 Å². The smallest absolute Gasteiger partial charge is 0.360 e. The third kappa shape index (κ3) is 4.41. The van der Waals surface area contributed by atoms with E-state index in [9.17, 15) is 4.79 Å². The molecule has 128 valence electrons. The van der Waals surface area contributed by atoms with Gasteiger partial charge in [-0.2, -0.15) is 0 Å². The van der Waals surface area contributed by atoms with Crippen molar-refractivity contribution in [1.82, 2.24) is 15.0 Å². The van der Waals surface area contributed by atoms with E-state index in [0.29, 0.717) is 26.4 Å². The zero-order valence-corrected chi connectivity index (χ0v) is 14.0. The van der Waals surface area contributed by atoms with E-state index in [-0.39, 0.29) is 11.1 Å². The monoisotopic (exact) mass is 329 g/mol. The van der Waals surface area contributed by atoms with Crippen molar-refractivity contribution < 1.29 is 14.3 Å². The first-order valence-corrected chi connectivity index (χ1v) is 8.34. The van der Waals surface area contributed by atoms with Crippen molar-refractivity contribution in [3.05, 3.63) is 47.8 Å². The molecule has 0 saturated carbocycles. The van der Waals surface area contributed by atoms with Crippen molar-refractivity contribution in [3.63, 3.8) is 0 Å². The maximum atomic E-state index is 12.0. The number of ether oxygens (including phenoxy) is 2. The summed E-state index contributed by atoms with van der Waals surface area (Å²) < 4.78 is 12.2. The van der Waals surface area contributed by atoms with Crippen LogP contribution in [0.3, 0.4) is 0 Å². The fourth-order valence-corrected chi connectivity index (χ4v) is 2.72. The van der Waals surface area contributed by atoms with E-state index in [2.05, 4.69) is 29.4 Å². The lowest BCUT2D eigenvalue weighted by Crippen LogP contribution is -2.43. The predicted octanol–water partition coefficient (Wildman–Crippen LogP) is 2.49. The molecule has 6 heteroatoms. The molecule has 2 heterocycles. The first kappa shape index (κ1) is 16.6. The second-order valence-electron chi connectivity index (χ2n) is 6.68. The Kier molecular flexibility index (Phi) is 5.25. The van der Waals surface area contributed by atoms with E-state index in [1.54, 1.807) is 10.9 Å². The molecule has 0 bridgehead atoms. The summed E-state index contributed by atoms with van der Waals surface area (Å²) in [4.78, 5) is 12.0. The van der Waals surface area contributed by atoms with Gasteiger partial charge in [-0.05, 0) is 24.8 Å². The number of esters is 1. The first-order valence-electron chi connectivity index (χ1n) is 8.34. The van der Waals surface area contributed by atoms with Crippen LogP contribution in [0.15, 0.2) is 36.5 Å². The Morgan fingerprint density at radius 3 is 2.79 bits per heavy atom. The van der Waals surface area contributed by atoms with Crippen molar-refractivity contribution in [2.45, 2.75) is 32.7 Å². The van der Waals surface area contributed by atoms with Crippen LogP contribution < -0.4 is 0 Å². The minimum absolute atomic E-state index is 0.0896.